The topological polar surface area (TPSA) is 99.2 Å². The van der Waals surface area contributed by atoms with Crippen LogP contribution in [0.25, 0.3) is 17.1 Å². The summed E-state index contributed by atoms with van der Waals surface area (Å²) >= 11 is 0. The summed E-state index contributed by atoms with van der Waals surface area (Å²) in [6.45, 7) is 5.02. The average Bonchev–Trinajstić information content (AvgIpc) is 3.60. The first-order valence-electron chi connectivity index (χ1n) is 11.0. The van der Waals surface area contributed by atoms with E-state index < -0.39 is 0 Å². The van der Waals surface area contributed by atoms with Crippen LogP contribution in [0.1, 0.15) is 47.6 Å². The zero-order valence-electron chi connectivity index (χ0n) is 18.5. The molecule has 1 atom stereocenters. The van der Waals surface area contributed by atoms with Crippen LogP contribution in [0.2, 0.25) is 0 Å². The van der Waals surface area contributed by atoms with Crippen molar-refractivity contribution >= 4 is 5.91 Å². The normalized spacial score (nSPS) is 15.7. The van der Waals surface area contributed by atoms with Crippen molar-refractivity contribution in [3.05, 3.63) is 71.9 Å². The predicted molar refractivity (Wildman–Crippen MR) is 120 cm³/mol. The Balaban J connectivity index is 1.46. The van der Waals surface area contributed by atoms with Crippen LogP contribution in [0.4, 0.5) is 0 Å². The minimum atomic E-state index is -0.294. The smallest absolute Gasteiger partial charge is 0.256 e. The highest BCUT2D eigenvalue weighted by molar-refractivity contribution is 5.98. The Hall–Kier alpha value is -4.01. The summed E-state index contributed by atoms with van der Waals surface area (Å²) in [5.74, 6) is 1.46. The molecule has 5 rings (SSSR count). The molecule has 1 aliphatic heterocycles. The van der Waals surface area contributed by atoms with Gasteiger partial charge < -0.3 is 14.2 Å². The molecular weight excluding hydrogens is 420 g/mol. The van der Waals surface area contributed by atoms with Crippen LogP contribution in [0.3, 0.4) is 0 Å². The standard InChI is InChI=1S/C24H24N6O3/c1-3-32-20-12-5-4-9-17(20)22-27-23(33-28-22)19-11-7-15-29(19)24(31)18-10-6-8-16(2)21(18)30-25-13-14-26-30/h4-6,8-10,12-14,19H,3,7,11,15H2,1-2H3. The second-order valence-corrected chi connectivity index (χ2v) is 7.83. The number of hydrogen-bond donors (Lipinski definition) is 0. The van der Waals surface area contributed by atoms with Crippen LogP contribution < -0.4 is 4.74 Å². The van der Waals surface area contributed by atoms with Crippen molar-refractivity contribution in [3.8, 4) is 22.8 Å². The van der Waals surface area contributed by atoms with Gasteiger partial charge in [0.25, 0.3) is 5.91 Å². The fourth-order valence-corrected chi connectivity index (χ4v) is 4.26. The molecular formula is C24H24N6O3. The number of aromatic nitrogens is 5. The van der Waals surface area contributed by atoms with Crippen LogP contribution in [0.5, 0.6) is 5.75 Å². The van der Waals surface area contributed by atoms with Gasteiger partial charge in [0.2, 0.25) is 11.7 Å². The van der Waals surface area contributed by atoms with E-state index in [1.54, 1.807) is 23.4 Å². The molecule has 2 aromatic heterocycles. The maximum absolute atomic E-state index is 13.7. The van der Waals surface area contributed by atoms with Crippen molar-refractivity contribution in [1.82, 2.24) is 30.0 Å². The van der Waals surface area contributed by atoms with Gasteiger partial charge in [0, 0.05) is 6.54 Å². The summed E-state index contributed by atoms with van der Waals surface area (Å²) < 4.78 is 11.3. The Morgan fingerprint density at radius 3 is 2.79 bits per heavy atom. The molecule has 1 aliphatic rings. The quantitative estimate of drug-likeness (QED) is 0.443. The first-order valence-corrected chi connectivity index (χ1v) is 11.0. The lowest BCUT2D eigenvalue weighted by Gasteiger charge is -2.23. The van der Waals surface area contributed by atoms with Crippen molar-refractivity contribution in [3.63, 3.8) is 0 Å². The maximum Gasteiger partial charge on any atom is 0.256 e. The number of likely N-dealkylation sites (tertiary alicyclic amines) is 1. The van der Waals surface area contributed by atoms with E-state index in [1.165, 1.54) is 4.80 Å². The Kier molecular flexibility index (Phi) is 5.60. The Bertz CT molecular complexity index is 1270. The third-order valence-electron chi connectivity index (χ3n) is 5.76. The summed E-state index contributed by atoms with van der Waals surface area (Å²) in [5, 5.41) is 12.7. The van der Waals surface area contributed by atoms with E-state index in [0.717, 1.165) is 24.0 Å². The van der Waals surface area contributed by atoms with Crippen molar-refractivity contribution in [2.75, 3.05) is 13.2 Å². The highest BCUT2D eigenvalue weighted by Gasteiger charge is 2.36. The van der Waals surface area contributed by atoms with Gasteiger partial charge in [-0.15, -0.1) is 0 Å². The van der Waals surface area contributed by atoms with E-state index in [9.17, 15) is 4.79 Å². The van der Waals surface area contributed by atoms with Gasteiger partial charge in [0.15, 0.2) is 0 Å². The average molecular weight is 444 g/mol. The predicted octanol–water partition coefficient (Wildman–Crippen LogP) is 4.00. The van der Waals surface area contributed by atoms with Crippen molar-refractivity contribution in [2.24, 2.45) is 0 Å². The van der Waals surface area contributed by atoms with Crippen LogP contribution in [0.15, 0.2) is 59.4 Å². The molecule has 0 aliphatic carbocycles. The van der Waals surface area contributed by atoms with E-state index in [-0.39, 0.29) is 11.9 Å². The molecule has 4 aromatic rings. The molecule has 33 heavy (non-hydrogen) atoms. The van der Waals surface area contributed by atoms with Crippen molar-refractivity contribution in [2.45, 2.75) is 32.7 Å². The Labute approximate surface area is 191 Å². The number of carbonyl (C=O) groups excluding carboxylic acids is 1. The molecule has 0 saturated carbocycles. The number of ether oxygens (including phenoxy) is 1. The molecule has 9 heteroatoms. The van der Waals surface area contributed by atoms with Gasteiger partial charge in [-0.1, -0.05) is 29.4 Å². The highest BCUT2D eigenvalue weighted by Crippen LogP contribution is 2.35. The van der Waals surface area contributed by atoms with Crippen LogP contribution in [-0.2, 0) is 0 Å². The third-order valence-corrected chi connectivity index (χ3v) is 5.76. The lowest BCUT2D eigenvalue weighted by Crippen LogP contribution is -2.32. The summed E-state index contributed by atoms with van der Waals surface area (Å²) in [4.78, 5) is 21.6. The maximum atomic E-state index is 13.7. The van der Waals surface area contributed by atoms with Crippen LogP contribution in [0, 0.1) is 6.92 Å². The molecule has 2 aromatic carbocycles. The van der Waals surface area contributed by atoms with E-state index in [2.05, 4.69) is 20.3 Å². The van der Waals surface area contributed by atoms with Gasteiger partial charge in [-0.2, -0.15) is 20.0 Å². The second-order valence-electron chi connectivity index (χ2n) is 7.83. The van der Waals surface area contributed by atoms with Gasteiger partial charge in [-0.3, -0.25) is 4.79 Å². The lowest BCUT2D eigenvalue weighted by atomic mass is 10.1. The van der Waals surface area contributed by atoms with E-state index >= 15 is 0 Å². The van der Waals surface area contributed by atoms with Gasteiger partial charge in [0.1, 0.15) is 17.5 Å². The molecule has 1 fully saturated rings. The molecule has 9 nitrogen and oxygen atoms in total. The van der Waals surface area contributed by atoms with Gasteiger partial charge in [-0.05, 0) is 50.5 Å². The zero-order valence-corrected chi connectivity index (χ0v) is 18.5. The molecule has 0 bridgehead atoms. The first-order chi connectivity index (χ1) is 16.2. The molecule has 0 N–H and O–H groups in total. The molecule has 168 valence electrons. The summed E-state index contributed by atoms with van der Waals surface area (Å²) in [6, 6.07) is 12.9. The monoisotopic (exact) mass is 444 g/mol. The fraction of sp³-hybridized carbons (Fsp3) is 0.292. The second kappa shape index (κ2) is 8.85. The number of benzene rings is 2. The van der Waals surface area contributed by atoms with Gasteiger partial charge >= 0.3 is 0 Å². The van der Waals surface area contributed by atoms with E-state index in [0.29, 0.717) is 41.9 Å². The molecule has 0 radical (unpaired) electrons. The van der Waals surface area contributed by atoms with Crippen LogP contribution >= 0.6 is 0 Å². The third kappa shape index (κ3) is 3.86. The van der Waals surface area contributed by atoms with Crippen LogP contribution in [-0.4, -0.2) is 49.1 Å². The largest absolute Gasteiger partial charge is 0.493 e. The fourth-order valence-electron chi connectivity index (χ4n) is 4.26. The van der Waals surface area contributed by atoms with E-state index in [1.807, 2.05) is 50.2 Å². The summed E-state index contributed by atoms with van der Waals surface area (Å²) in [7, 11) is 0. The lowest BCUT2D eigenvalue weighted by molar-refractivity contribution is 0.0709. The number of nitrogens with zero attached hydrogens (tertiary/aromatic N) is 6. The SMILES string of the molecule is CCOc1ccccc1-c1noc(C2CCCN2C(=O)c2cccc(C)c2-n2nccn2)n1. The van der Waals surface area contributed by atoms with Gasteiger partial charge in [-0.25, -0.2) is 0 Å². The van der Waals surface area contributed by atoms with Crippen molar-refractivity contribution in [1.29, 1.82) is 0 Å². The molecule has 1 unspecified atom stereocenters. The minimum absolute atomic E-state index is 0.108. The van der Waals surface area contributed by atoms with Crippen molar-refractivity contribution < 1.29 is 14.1 Å². The number of para-hydroxylation sites is 2. The minimum Gasteiger partial charge on any atom is -0.493 e. The van der Waals surface area contributed by atoms with E-state index in [4.69, 9.17) is 9.26 Å². The zero-order chi connectivity index (χ0) is 22.8. The van der Waals surface area contributed by atoms with Gasteiger partial charge in [0.05, 0.1) is 30.1 Å². The number of amides is 1. The Morgan fingerprint density at radius 1 is 1.15 bits per heavy atom. The molecule has 0 spiro atoms. The molecule has 1 saturated heterocycles. The number of aryl methyl sites for hydroxylation is 1. The number of carbonyl (C=O) groups is 1. The molecule has 1 amide bonds. The summed E-state index contributed by atoms with van der Waals surface area (Å²) in [5.41, 5.74) is 2.89. The number of hydrogen-bond acceptors (Lipinski definition) is 7. The molecule has 3 heterocycles. The highest BCUT2D eigenvalue weighted by atomic mass is 16.5. The Morgan fingerprint density at radius 2 is 1.97 bits per heavy atom. The number of rotatable bonds is 6. The summed E-state index contributed by atoms with van der Waals surface area (Å²) in [6.07, 6.45) is 4.80. The first kappa shape index (κ1) is 20.9.